The van der Waals surface area contributed by atoms with E-state index in [9.17, 15) is 9.59 Å². The molecule has 2 aromatic carbocycles. The molecule has 1 atom stereocenters. The summed E-state index contributed by atoms with van der Waals surface area (Å²) in [5.74, 6) is -1.21. The van der Waals surface area contributed by atoms with Crippen LogP contribution in [0.25, 0.3) is 0 Å². The molecular formula is C23H17Cl3N4O4. The molecule has 8 nitrogen and oxygen atoms in total. The van der Waals surface area contributed by atoms with Crippen LogP contribution in [0.2, 0.25) is 15.1 Å². The van der Waals surface area contributed by atoms with Crippen molar-refractivity contribution in [2.24, 2.45) is 4.99 Å². The number of carbonyl (C=O) groups excluding carboxylic acids is 2. The monoisotopic (exact) mass is 518 g/mol. The molecule has 0 spiro atoms. The number of anilines is 1. The third kappa shape index (κ3) is 5.00. The highest BCUT2D eigenvalue weighted by atomic mass is 35.5. The third-order valence-corrected chi connectivity index (χ3v) is 5.62. The van der Waals surface area contributed by atoms with Crippen LogP contribution in [0.4, 0.5) is 5.69 Å². The Hall–Kier alpha value is -3.17. The summed E-state index contributed by atoms with van der Waals surface area (Å²) in [4.78, 5) is 34.6. The van der Waals surface area contributed by atoms with Crippen LogP contribution in [0.5, 0.6) is 5.88 Å². The van der Waals surface area contributed by atoms with Gasteiger partial charge in [0.1, 0.15) is 12.2 Å². The minimum atomic E-state index is -1.33. The number of aliphatic hydroxyl groups excluding tert-OH is 1. The van der Waals surface area contributed by atoms with Crippen LogP contribution >= 0.6 is 34.8 Å². The zero-order chi connectivity index (χ0) is 24.2. The first kappa shape index (κ1) is 24.0. The smallest absolute Gasteiger partial charge is 0.269 e. The number of pyridine rings is 1. The molecule has 1 aliphatic rings. The fraction of sp³-hybridized carbons (Fsp3) is 0.130. The molecule has 11 heteroatoms. The van der Waals surface area contributed by atoms with Crippen molar-refractivity contribution in [3.63, 3.8) is 0 Å². The molecule has 2 heterocycles. The molecule has 174 valence electrons. The van der Waals surface area contributed by atoms with E-state index in [4.69, 9.17) is 44.6 Å². The zero-order valence-corrected chi connectivity index (χ0v) is 19.7. The van der Waals surface area contributed by atoms with Crippen LogP contribution in [-0.2, 0) is 4.79 Å². The van der Waals surface area contributed by atoms with Gasteiger partial charge in [0.2, 0.25) is 12.0 Å². The number of aliphatic imine (C=N–C) groups is 1. The average Bonchev–Trinajstić information content (AvgIpc) is 2.94. The molecule has 0 saturated carbocycles. The van der Waals surface area contributed by atoms with E-state index in [0.717, 1.165) is 0 Å². The number of fused-ring (bicyclic) bond motifs is 1. The van der Waals surface area contributed by atoms with Crippen molar-refractivity contribution in [1.29, 1.82) is 0 Å². The molecule has 34 heavy (non-hydrogen) atoms. The van der Waals surface area contributed by atoms with Gasteiger partial charge >= 0.3 is 0 Å². The van der Waals surface area contributed by atoms with Crippen molar-refractivity contribution in [3.05, 3.63) is 86.5 Å². The van der Waals surface area contributed by atoms with Crippen molar-refractivity contribution in [3.8, 4) is 5.88 Å². The van der Waals surface area contributed by atoms with Gasteiger partial charge in [0.15, 0.2) is 0 Å². The number of benzene rings is 2. The van der Waals surface area contributed by atoms with Gasteiger partial charge in [0.25, 0.3) is 11.8 Å². The van der Waals surface area contributed by atoms with E-state index in [-0.39, 0.29) is 34.7 Å². The normalized spacial score (nSPS) is 15.0. The highest BCUT2D eigenvalue weighted by Gasteiger charge is 2.30. The Morgan fingerprint density at radius 2 is 1.85 bits per heavy atom. The Kier molecular flexibility index (Phi) is 7.33. The summed E-state index contributed by atoms with van der Waals surface area (Å²) in [7, 11) is 0. The van der Waals surface area contributed by atoms with Crippen molar-refractivity contribution in [1.82, 2.24) is 10.3 Å². The van der Waals surface area contributed by atoms with E-state index in [1.54, 1.807) is 30.3 Å². The number of amides is 2. The summed E-state index contributed by atoms with van der Waals surface area (Å²) in [5.41, 5.74) is 1.77. The van der Waals surface area contributed by atoms with Crippen LogP contribution in [0.3, 0.4) is 0 Å². The van der Waals surface area contributed by atoms with Gasteiger partial charge in [0.05, 0.1) is 28.1 Å². The van der Waals surface area contributed by atoms with Crippen molar-refractivity contribution in [2.75, 3.05) is 18.5 Å². The van der Waals surface area contributed by atoms with Gasteiger partial charge in [-0.1, -0.05) is 53.0 Å². The summed E-state index contributed by atoms with van der Waals surface area (Å²) in [6, 6.07) is 13.0. The maximum Gasteiger partial charge on any atom is 0.269 e. The highest BCUT2D eigenvalue weighted by molar-refractivity contribution is 6.44. The molecule has 0 fully saturated rings. The number of carbonyl (C=O) groups is 2. The lowest BCUT2D eigenvalue weighted by atomic mass is 10.0. The minimum Gasteiger partial charge on any atom is -0.475 e. The molecule has 3 N–H and O–H groups in total. The first-order chi connectivity index (χ1) is 16.4. The van der Waals surface area contributed by atoms with E-state index in [2.05, 4.69) is 20.6 Å². The van der Waals surface area contributed by atoms with Crippen LogP contribution in [0.1, 0.15) is 21.5 Å². The molecule has 0 aliphatic carbocycles. The van der Waals surface area contributed by atoms with Gasteiger partial charge in [0, 0.05) is 22.3 Å². The van der Waals surface area contributed by atoms with Crippen LogP contribution < -0.4 is 15.4 Å². The lowest BCUT2D eigenvalue weighted by Crippen LogP contribution is -2.42. The number of rotatable bonds is 6. The number of para-hydroxylation sites is 1. The number of hydrogen-bond acceptors (Lipinski definition) is 6. The molecule has 1 unspecified atom stereocenters. The van der Waals surface area contributed by atoms with E-state index in [0.29, 0.717) is 27.5 Å². The largest absolute Gasteiger partial charge is 0.475 e. The van der Waals surface area contributed by atoms with Crippen LogP contribution in [-0.4, -0.2) is 47.0 Å². The van der Waals surface area contributed by atoms with Crippen molar-refractivity contribution >= 4 is 58.0 Å². The predicted molar refractivity (Wildman–Crippen MR) is 130 cm³/mol. The first-order valence-corrected chi connectivity index (χ1v) is 11.1. The number of ether oxygens (including phenoxy) is 1. The Morgan fingerprint density at radius 3 is 2.59 bits per heavy atom. The summed E-state index contributed by atoms with van der Waals surface area (Å²) in [5, 5.41) is 15.2. The molecule has 0 saturated heterocycles. The zero-order valence-electron chi connectivity index (χ0n) is 17.4. The molecule has 1 aromatic heterocycles. The number of benzodiazepines with no additional fused rings is 1. The van der Waals surface area contributed by atoms with Gasteiger partial charge in [-0.3, -0.25) is 9.59 Å². The molecule has 2 amide bonds. The minimum absolute atomic E-state index is 0.0133. The number of hydrogen-bond donors (Lipinski definition) is 3. The second kappa shape index (κ2) is 10.4. The average molecular weight is 520 g/mol. The highest BCUT2D eigenvalue weighted by Crippen LogP contribution is 2.34. The van der Waals surface area contributed by atoms with Crippen LogP contribution in [0, 0.1) is 0 Å². The summed E-state index contributed by atoms with van der Waals surface area (Å²) >= 11 is 19.0. The van der Waals surface area contributed by atoms with E-state index in [1.165, 1.54) is 24.4 Å². The number of aromatic nitrogens is 1. The first-order valence-electron chi connectivity index (χ1n) is 10.0. The molecule has 0 bridgehead atoms. The molecule has 4 rings (SSSR count). The molecule has 0 radical (unpaired) electrons. The molecule has 1 aliphatic heterocycles. The predicted octanol–water partition coefficient (Wildman–Crippen LogP) is 3.96. The number of halogens is 3. The summed E-state index contributed by atoms with van der Waals surface area (Å²) in [6.07, 6.45) is 0.114. The topological polar surface area (TPSA) is 113 Å². The van der Waals surface area contributed by atoms with E-state index >= 15 is 0 Å². The van der Waals surface area contributed by atoms with Crippen molar-refractivity contribution in [2.45, 2.75) is 6.17 Å². The van der Waals surface area contributed by atoms with E-state index < -0.39 is 18.0 Å². The summed E-state index contributed by atoms with van der Waals surface area (Å²) < 4.78 is 5.33. The fourth-order valence-corrected chi connectivity index (χ4v) is 4.34. The number of aliphatic hydroxyl groups is 1. The SMILES string of the molecule is O=C(NC1N=C(c2c(Cl)cc(Cl)cc2Cl)c2ccccc2NC1=O)c1cccnc1OCCO. The Bertz CT molecular complexity index is 1280. The van der Waals surface area contributed by atoms with E-state index in [1.807, 2.05) is 0 Å². The standard InChI is InChI=1S/C23H17Cl3N4O4/c24-12-10-15(25)18(16(26)11-12)19-13-4-1-2-6-17(13)28-22(33)20(29-19)30-21(32)14-5-3-7-27-23(14)34-9-8-31/h1-7,10-11,20,31H,8-9H2,(H,28,33)(H,30,32). The second-order valence-electron chi connectivity index (χ2n) is 7.06. The van der Waals surface area contributed by atoms with Gasteiger partial charge < -0.3 is 20.5 Å². The van der Waals surface area contributed by atoms with Crippen LogP contribution in [0.15, 0.2) is 59.7 Å². The van der Waals surface area contributed by atoms with Gasteiger partial charge in [-0.15, -0.1) is 0 Å². The molecule has 3 aromatic rings. The van der Waals surface area contributed by atoms with Crippen molar-refractivity contribution < 1.29 is 19.4 Å². The Labute approximate surface area is 209 Å². The maximum atomic E-state index is 13.0. The Morgan fingerprint density at radius 1 is 1.12 bits per heavy atom. The van der Waals surface area contributed by atoms with Gasteiger partial charge in [-0.05, 0) is 30.3 Å². The number of nitrogens with zero attached hydrogens (tertiary/aromatic N) is 2. The fourth-order valence-electron chi connectivity index (χ4n) is 3.35. The quantitative estimate of drug-likeness (QED) is 0.456. The lowest BCUT2D eigenvalue weighted by molar-refractivity contribution is -0.117. The van der Waals surface area contributed by atoms with Gasteiger partial charge in [-0.25, -0.2) is 9.98 Å². The second-order valence-corrected chi connectivity index (χ2v) is 8.31. The summed E-state index contributed by atoms with van der Waals surface area (Å²) in [6.45, 7) is -0.302. The Balaban J connectivity index is 1.77. The lowest BCUT2D eigenvalue weighted by Gasteiger charge is -2.15. The third-order valence-electron chi connectivity index (χ3n) is 4.80. The maximum absolute atomic E-state index is 13.0. The van der Waals surface area contributed by atoms with Gasteiger partial charge in [-0.2, -0.15) is 0 Å². The molecular weight excluding hydrogens is 503 g/mol. The number of nitrogens with one attached hydrogen (secondary N) is 2.